The molecule has 1 heterocycles. The molecule has 0 radical (unpaired) electrons. The van der Waals surface area contributed by atoms with Crippen molar-refractivity contribution in [1.29, 1.82) is 0 Å². The SMILES string of the molecule is [2H]c1cnc(S(C)(=O)=O)nc1. The maximum atomic E-state index is 10.8. The van der Waals surface area contributed by atoms with Crippen LogP contribution in [0.5, 0.6) is 0 Å². The van der Waals surface area contributed by atoms with E-state index < -0.39 is 9.84 Å². The van der Waals surface area contributed by atoms with Crippen molar-refractivity contribution in [2.45, 2.75) is 5.16 Å². The lowest BCUT2D eigenvalue weighted by Gasteiger charge is -1.91. The molecule has 1 aromatic heterocycles. The molecule has 0 amide bonds. The summed E-state index contributed by atoms with van der Waals surface area (Å²) in [5.41, 5.74) is 0. The Morgan fingerprint density at radius 3 is 2.40 bits per heavy atom. The molecule has 1 rings (SSSR count). The van der Waals surface area contributed by atoms with Crippen molar-refractivity contribution in [3.63, 3.8) is 0 Å². The maximum Gasteiger partial charge on any atom is 0.246 e. The van der Waals surface area contributed by atoms with Crippen LogP contribution in [0.1, 0.15) is 1.37 Å². The van der Waals surface area contributed by atoms with E-state index in [0.717, 1.165) is 18.6 Å². The second-order valence-corrected chi connectivity index (χ2v) is 3.65. The van der Waals surface area contributed by atoms with Crippen LogP contribution < -0.4 is 0 Å². The Balaban J connectivity index is 3.20. The highest BCUT2D eigenvalue weighted by molar-refractivity contribution is 7.90. The van der Waals surface area contributed by atoms with E-state index in [1.165, 1.54) is 0 Å². The normalized spacial score (nSPS) is 12.7. The summed E-state index contributed by atoms with van der Waals surface area (Å²) in [4.78, 5) is 6.93. The van der Waals surface area contributed by atoms with E-state index >= 15 is 0 Å². The Hall–Kier alpha value is -0.970. The number of aromatic nitrogens is 2. The minimum absolute atomic E-state index is 0.0948. The van der Waals surface area contributed by atoms with E-state index in [4.69, 9.17) is 1.37 Å². The van der Waals surface area contributed by atoms with Crippen molar-refractivity contribution in [2.75, 3.05) is 6.26 Å². The molecular formula is C5H6N2O2S. The van der Waals surface area contributed by atoms with E-state index in [1.807, 2.05) is 0 Å². The van der Waals surface area contributed by atoms with Gasteiger partial charge in [0.05, 0.1) is 1.37 Å². The van der Waals surface area contributed by atoms with Crippen molar-refractivity contribution < 1.29 is 9.79 Å². The van der Waals surface area contributed by atoms with Crippen LogP contribution in [-0.4, -0.2) is 24.6 Å². The van der Waals surface area contributed by atoms with Gasteiger partial charge in [-0.1, -0.05) is 0 Å². The molecule has 54 valence electrons. The number of nitrogens with zero attached hydrogens (tertiary/aromatic N) is 2. The van der Waals surface area contributed by atoms with Gasteiger partial charge in [0.2, 0.25) is 15.0 Å². The van der Waals surface area contributed by atoms with Gasteiger partial charge < -0.3 is 0 Å². The minimum Gasteiger partial charge on any atom is -0.227 e. The van der Waals surface area contributed by atoms with Crippen LogP contribution >= 0.6 is 0 Å². The van der Waals surface area contributed by atoms with Gasteiger partial charge in [0.15, 0.2) is 0 Å². The number of hydrogen-bond donors (Lipinski definition) is 0. The Morgan fingerprint density at radius 1 is 1.50 bits per heavy atom. The second-order valence-electron chi connectivity index (χ2n) is 1.74. The lowest BCUT2D eigenvalue weighted by atomic mass is 10.7. The molecule has 0 aliphatic heterocycles. The first kappa shape index (κ1) is 5.79. The predicted octanol–water partition coefficient (Wildman–Crippen LogP) is -0.120. The average molecular weight is 159 g/mol. The fourth-order valence-electron chi connectivity index (χ4n) is 0.443. The Bertz CT molecular complexity index is 345. The van der Waals surface area contributed by atoms with Gasteiger partial charge in [-0.25, -0.2) is 18.4 Å². The summed E-state index contributed by atoms with van der Waals surface area (Å²) in [5, 5.41) is -0.242. The molecule has 0 aliphatic carbocycles. The first-order valence-corrected chi connectivity index (χ1v) is 4.38. The molecule has 0 spiro atoms. The van der Waals surface area contributed by atoms with Gasteiger partial charge >= 0.3 is 0 Å². The monoisotopic (exact) mass is 159 g/mol. The summed E-state index contributed by atoms with van der Waals surface area (Å²) < 4.78 is 28.5. The predicted molar refractivity (Wildman–Crippen MR) is 35.1 cm³/mol. The number of rotatable bonds is 1. The van der Waals surface area contributed by atoms with Gasteiger partial charge in [0.1, 0.15) is 0 Å². The number of sulfone groups is 1. The Kier molecular flexibility index (Phi) is 1.35. The van der Waals surface area contributed by atoms with Crippen molar-refractivity contribution in [3.8, 4) is 0 Å². The Labute approximate surface area is 60.3 Å². The molecule has 0 saturated heterocycles. The molecule has 4 nitrogen and oxygen atoms in total. The van der Waals surface area contributed by atoms with E-state index in [9.17, 15) is 8.42 Å². The minimum atomic E-state index is -3.33. The summed E-state index contributed by atoms with van der Waals surface area (Å²) in [6, 6.07) is 0.0948. The van der Waals surface area contributed by atoms with Crippen molar-refractivity contribution >= 4 is 9.84 Å². The van der Waals surface area contributed by atoms with Crippen LogP contribution in [0.2, 0.25) is 0 Å². The molecule has 0 aromatic carbocycles. The molecule has 0 bridgehead atoms. The lowest BCUT2D eigenvalue weighted by Crippen LogP contribution is -2.02. The van der Waals surface area contributed by atoms with Crippen LogP contribution in [0.4, 0.5) is 0 Å². The molecule has 0 fully saturated rings. The lowest BCUT2D eigenvalue weighted by molar-refractivity contribution is 0.593. The zero-order chi connectivity index (χ0) is 8.48. The van der Waals surface area contributed by atoms with E-state index in [0.29, 0.717) is 0 Å². The zero-order valence-electron chi connectivity index (χ0n) is 6.27. The summed E-state index contributed by atoms with van der Waals surface area (Å²) in [7, 11) is -3.33. The highest BCUT2D eigenvalue weighted by Crippen LogP contribution is 1.96. The van der Waals surface area contributed by atoms with Crippen LogP contribution in [0.3, 0.4) is 0 Å². The molecule has 0 atom stereocenters. The quantitative estimate of drug-likeness (QED) is 0.536. The van der Waals surface area contributed by atoms with Gasteiger partial charge in [0, 0.05) is 18.6 Å². The van der Waals surface area contributed by atoms with E-state index in [1.54, 1.807) is 0 Å². The maximum absolute atomic E-state index is 10.8. The van der Waals surface area contributed by atoms with Crippen molar-refractivity contribution in [1.82, 2.24) is 9.97 Å². The topological polar surface area (TPSA) is 59.9 Å². The molecule has 0 saturated carbocycles. The summed E-state index contributed by atoms with van der Waals surface area (Å²) in [6.07, 6.45) is 3.30. The fourth-order valence-corrected chi connectivity index (χ4v) is 0.931. The van der Waals surface area contributed by atoms with E-state index in [-0.39, 0.29) is 11.2 Å². The summed E-state index contributed by atoms with van der Waals surface area (Å²) in [6.45, 7) is 0. The highest BCUT2D eigenvalue weighted by Gasteiger charge is 2.07. The standard InChI is InChI=1S/C5H6N2O2S/c1-10(8,9)5-6-3-2-4-7-5/h2-4H,1H3/i2D. The number of hydrogen-bond acceptors (Lipinski definition) is 4. The fraction of sp³-hybridized carbons (Fsp3) is 0.200. The largest absolute Gasteiger partial charge is 0.246 e. The first-order valence-electron chi connectivity index (χ1n) is 2.99. The molecule has 0 N–H and O–H groups in total. The van der Waals surface area contributed by atoms with Gasteiger partial charge in [-0.15, -0.1) is 0 Å². The molecule has 1 aromatic rings. The molecule has 5 heteroatoms. The third-order valence-electron chi connectivity index (χ3n) is 0.831. The van der Waals surface area contributed by atoms with Crippen molar-refractivity contribution in [2.24, 2.45) is 0 Å². The van der Waals surface area contributed by atoms with Gasteiger partial charge in [0.25, 0.3) is 0 Å². The van der Waals surface area contributed by atoms with Crippen LogP contribution in [-0.2, 0) is 9.84 Å². The van der Waals surface area contributed by atoms with Gasteiger partial charge in [-0.2, -0.15) is 0 Å². The smallest absolute Gasteiger partial charge is 0.227 e. The second kappa shape index (κ2) is 2.34. The molecule has 0 aliphatic rings. The van der Waals surface area contributed by atoms with E-state index in [2.05, 4.69) is 9.97 Å². The zero-order valence-corrected chi connectivity index (χ0v) is 6.09. The molecule has 0 unspecified atom stereocenters. The van der Waals surface area contributed by atoms with Crippen molar-refractivity contribution in [3.05, 3.63) is 18.4 Å². The first-order chi connectivity index (χ1) is 5.00. The molecule has 10 heavy (non-hydrogen) atoms. The van der Waals surface area contributed by atoms with Crippen LogP contribution in [0.15, 0.2) is 23.6 Å². The third-order valence-corrected chi connectivity index (χ3v) is 1.70. The molecular weight excluding hydrogens is 152 g/mol. The summed E-state index contributed by atoms with van der Waals surface area (Å²) >= 11 is 0. The average Bonchev–Trinajstić information content (AvgIpc) is 1.86. The van der Waals surface area contributed by atoms with Crippen LogP contribution in [0.25, 0.3) is 0 Å². The van der Waals surface area contributed by atoms with Gasteiger partial charge in [-0.05, 0) is 6.04 Å². The Morgan fingerprint density at radius 2 is 2.00 bits per heavy atom. The van der Waals surface area contributed by atoms with Crippen LogP contribution in [0, 0.1) is 0 Å². The van der Waals surface area contributed by atoms with Gasteiger partial charge in [-0.3, -0.25) is 0 Å². The third kappa shape index (κ3) is 1.51. The highest BCUT2D eigenvalue weighted by atomic mass is 32.2. The summed E-state index contributed by atoms with van der Waals surface area (Å²) in [5.74, 6) is 0.